The summed E-state index contributed by atoms with van der Waals surface area (Å²) in [6, 6.07) is 11.7. The molecular formula is C17H26N2. The van der Waals surface area contributed by atoms with Crippen LogP contribution in [-0.4, -0.2) is 37.1 Å². The maximum atomic E-state index is 3.74. The van der Waals surface area contributed by atoms with E-state index in [1.54, 1.807) is 0 Å². The summed E-state index contributed by atoms with van der Waals surface area (Å²) in [7, 11) is 0. The number of benzene rings is 1. The van der Waals surface area contributed by atoms with E-state index in [1.165, 1.54) is 63.8 Å². The molecule has 1 aliphatic heterocycles. The molecule has 1 atom stereocenters. The molecule has 1 aliphatic carbocycles. The van der Waals surface area contributed by atoms with Crippen molar-refractivity contribution in [3.05, 3.63) is 35.9 Å². The number of hydrogen-bond acceptors (Lipinski definition) is 2. The van der Waals surface area contributed by atoms with Gasteiger partial charge in [-0.3, -0.25) is 0 Å². The van der Waals surface area contributed by atoms with Crippen molar-refractivity contribution in [1.29, 1.82) is 0 Å². The molecule has 0 amide bonds. The van der Waals surface area contributed by atoms with Crippen LogP contribution < -0.4 is 5.32 Å². The fourth-order valence-corrected chi connectivity index (χ4v) is 3.19. The first-order valence-electron chi connectivity index (χ1n) is 7.91. The third-order valence-electron chi connectivity index (χ3n) is 4.49. The van der Waals surface area contributed by atoms with Gasteiger partial charge < -0.3 is 10.2 Å². The van der Waals surface area contributed by atoms with Gasteiger partial charge in [-0.2, -0.15) is 0 Å². The molecule has 0 spiro atoms. The molecule has 3 rings (SSSR count). The Bertz CT molecular complexity index is 372. The van der Waals surface area contributed by atoms with Gasteiger partial charge in [0.05, 0.1) is 0 Å². The van der Waals surface area contributed by atoms with Crippen LogP contribution in [0.5, 0.6) is 0 Å². The average molecular weight is 258 g/mol. The Labute approximate surface area is 117 Å². The lowest BCUT2D eigenvalue weighted by Gasteiger charge is -2.24. The topological polar surface area (TPSA) is 15.3 Å². The first kappa shape index (κ1) is 13.1. The standard InChI is InChI=1S/C17H26N2/c1-2-6-15(7-3-1)8-4-12-19-13-5-11-18-17(14-19)16-9-10-16/h1-3,6-7,16-18H,4-5,8-14H2. The van der Waals surface area contributed by atoms with Crippen LogP contribution in [-0.2, 0) is 6.42 Å². The van der Waals surface area contributed by atoms with Gasteiger partial charge in [0.25, 0.3) is 0 Å². The summed E-state index contributed by atoms with van der Waals surface area (Å²) < 4.78 is 0. The van der Waals surface area contributed by atoms with E-state index in [-0.39, 0.29) is 0 Å². The first-order valence-corrected chi connectivity index (χ1v) is 7.91. The van der Waals surface area contributed by atoms with Gasteiger partial charge in [-0.15, -0.1) is 0 Å². The largest absolute Gasteiger partial charge is 0.312 e. The number of hydrogen-bond donors (Lipinski definition) is 1. The normalized spacial score (nSPS) is 25.2. The molecule has 1 heterocycles. The Morgan fingerprint density at radius 3 is 2.79 bits per heavy atom. The Balaban J connectivity index is 1.43. The smallest absolute Gasteiger partial charge is 0.0223 e. The summed E-state index contributed by atoms with van der Waals surface area (Å²) in [6.07, 6.45) is 6.74. The molecular weight excluding hydrogens is 232 g/mol. The zero-order valence-corrected chi connectivity index (χ0v) is 11.9. The molecule has 2 aliphatic rings. The highest BCUT2D eigenvalue weighted by Gasteiger charge is 2.32. The quantitative estimate of drug-likeness (QED) is 0.873. The van der Waals surface area contributed by atoms with Crippen LogP contribution in [0.2, 0.25) is 0 Å². The van der Waals surface area contributed by atoms with Crippen molar-refractivity contribution >= 4 is 0 Å². The summed E-state index contributed by atoms with van der Waals surface area (Å²) in [4.78, 5) is 2.69. The maximum absolute atomic E-state index is 3.74. The van der Waals surface area contributed by atoms with Gasteiger partial charge in [0.2, 0.25) is 0 Å². The van der Waals surface area contributed by atoms with Crippen LogP contribution in [0.4, 0.5) is 0 Å². The van der Waals surface area contributed by atoms with Crippen molar-refractivity contribution < 1.29 is 0 Å². The lowest BCUT2D eigenvalue weighted by atomic mass is 10.1. The van der Waals surface area contributed by atoms with E-state index >= 15 is 0 Å². The Kier molecular flexibility index (Phi) is 4.52. The zero-order valence-electron chi connectivity index (χ0n) is 11.9. The molecule has 1 aromatic rings. The molecule has 2 fully saturated rings. The molecule has 1 aromatic carbocycles. The van der Waals surface area contributed by atoms with Crippen LogP contribution in [0.3, 0.4) is 0 Å². The van der Waals surface area contributed by atoms with E-state index in [9.17, 15) is 0 Å². The molecule has 19 heavy (non-hydrogen) atoms. The van der Waals surface area contributed by atoms with Crippen LogP contribution in [0.25, 0.3) is 0 Å². The van der Waals surface area contributed by atoms with Gasteiger partial charge in [-0.25, -0.2) is 0 Å². The van der Waals surface area contributed by atoms with E-state index in [0.29, 0.717) is 0 Å². The molecule has 0 radical (unpaired) electrons. The summed E-state index contributed by atoms with van der Waals surface area (Å²) in [6.45, 7) is 5.04. The first-order chi connectivity index (χ1) is 9.42. The second-order valence-electron chi connectivity index (χ2n) is 6.14. The summed E-state index contributed by atoms with van der Waals surface area (Å²) in [5.41, 5.74) is 1.48. The number of aryl methyl sites for hydroxylation is 1. The second kappa shape index (κ2) is 6.53. The van der Waals surface area contributed by atoms with Crippen molar-refractivity contribution in [1.82, 2.24) is 10.2 Å². The number of nitrogens with one attached hydrogen (secondary N) is 1. The van der Waals surface area contributed by atoms with E-state index in [1.807, 2.05) is 0 Å². The third kappa shape index (κ3) is 4.05. The van der Waals surface area contributed by atoms with Gasteiger partial charge in [0.15, 0.2) is 0 Å². The fourth-order valence-electron chi connectivity index (χ4n) is 3.19. The van der Waals surface area contributed by atoms with Crippen molar-refractivity contribution in [3.8, 4) is 0 Å². The van der Waals surface area contributed by atoms with Crippen molar-refractivity contribution in [2.24, 2.45) is 5.92 Å². The van der Waals surface area contributed by atoms with E-state index in [2.05, 4.69) is 40.5 Å². The number of rotatable bonds is 5. The highest BCUT2D eigenvalue weighted by molar-refractivity contribution is 5.14. The van der Waals surface area contributed by atoms with Crippen LogP contribution >= 0.6 is 0 Å². The predicted octanol–water partition coefficient (Wildman–Crippen LogP) is 2.69. The molecule has 2 nitrogen and oxygen atoms in total. The minimum Gasteiger partial charge on any atom is -0.312 e. The van der Waals surface area contributed by atoms with Crippen molar-refractivity contribution in [3.63, 3.8) is 0 Å². The minimum atomic E-state index is 0.777. The van der Waals surface area contributed by atoms with Crippen LogP contribution in [0, 0.1) is 5.92 Å². The third-order valence-corrected chi connectivity index (χ3v) is 4.49. The monoisotopic (exact) mass is 258 g/mol. The lowest BCUT2D eigenvalue weighted by Crippen LogP contribution is -2.39. The zero-order chi connectivity index (χ0) is 12.9. The Morgan fingerprint density at radius 1 is 1.16 bits per heavy atom. The molecule has 1 unspecified atom stereocenters. The second-order valence-corrected chi connectivity index (χ2v) is 6.14. The molecule has 1 saturated carbocycles. The van der Waals surface area contributed by atoms with Gasteiger partial charge >= 0.3 is 0 Å². The summed E-state index contributed by atoms with van der Waals surface area (Å²) in [5, 5.41) is 3.74. The summed E-state index contributed by atoms with van der Waals surface area (Å²) in [5.74, 6) is 0.981. The van der Waals surface area contributed by atoms with Crippen molar-refractivity contribution in [2.45, 2.75) is 38.1 Å². The maximum Gasteiger partial charge on any atom is 0.0223 e. The van der Waals surface area contributed by atoms with E-state index < -0.39 is 0 Å². The fraction of sp³-hybridized carbons (Fsp3) is 0.647. The SMILES string of the molecule is c1ccc(CCCN2CCCNC(C3CC3)C2)cc1. The summed E-state index contributed by atoms with van der Waals surface area (Å²) >= 11 is 0. The van der Waals surface area contributed by atoms with E-state index in [4.69, 9.17) is 0 Å². The van der Waals surface area contributed by atoms with Gasteiger partial charge in [0, 0.05) is 12.6 Å². The lowest BCUT2D eigenvalue weighted by molar-refractivity contribution is 0.256. The molecule has 0 aromatic heterocycles. The Morgan fingerprint density at radius 2 is 2.00 bits per heavy atom. The van der Waals surface area contributed by atoms with Crippen LogP contribution in [0.15, 0.2) is 30.3 Å². The molecule has 0 bridgehead atoms. The highest BCUT2D eigenvalue weighted by Crippen LogP contribution is 2.33. The van der Waals surface area contributed by atoms with Gasteiger partial charge in [-0.1, -0.05) is 30.3 Å². The number of nitrogens with zero attached hydrogens (tertiary/aromatic N) is 1. The van der Waals surface area contributed by atoms with Gasteiger partial charge in [0.1, 0.15) is 0 Å². The predicted molar refractivity (Wildman–Crippen MR) is 80.3 cm³/mol. The highest BCUT2D eigenvalue weighted by atomic mass is 15.2. The molecule has 2 heteroatoms. The minimum absolute atomic E-state index is 0.777. The molecule has 1 N–H and O–H groups in total. The van der Waals surface area contributed by atoms with Gasteiger partial charge in [-0.05, 0) is 63.2 Å². The van der Waals surface area contributed by atoms with Crippen LogP contribution in [0.1, 0.15) is 31.2 Å². The average Bonchev–Trinajstić information content (AvgIpc) is 3.27. The Hall–Kier alpha value is -0.860. The molecule has 104 valence electrons. The van der Waals surface area contributed by atoms with Crippen molar-refractivity contribution in [2.75, 3.05) is 26.2 Å². The molecule has 1 saturated heterocycles. The van der Waals surface area contributed by atoms with E-state index in [0.717, 1.165) is 12.0 Å².